The molecule has 0 N–H and O–H groups in total. The highest BCUT2D eigenvalue weighted by Crippen LogP contribution is 2.37. The molecule has 0 aromatic heterocycles. The molecule has 0 amide bonds. The summed E-state index contributed by atoms with van der Waals surface area (Å²) < 4.78 is 81.9. The van der Waals surface area contributed by atoms with E-state index in [4.69, 9.17) is 4.74 Å². The molecule has 0 aliphatic heterocycles. The second-order valence-electron chi connectivity index (χ2n) is 5.01. The van der Waals surface area contributed by atoms with E-state index in [2.05, 4.69) is 13.2 Å². The van der Waals surface area contributed by atoms with Gasteiger partial charge in [0.05, 0.1) is 11.1 Å². The van der Waals surface area contributed by atoms with Gasteiger partial charge < -0.3 is 4.74 Å². The number of alkyl halides is 6. The molecule has 7 heteroatoms. The van der Waals surface area contributed by atoms with Gasteiger partial charge in [0.1, 0.15) is 11.5 Å². The predicted molar refractivity (Wildman–Crippen MR) is 83.1 cm³/mol. The Labute approximate surface area is 139 Å². The summed E-state index contributed by atoms with van der Waals surface area (Å²) in [5.41, 5.74) is -1.65. The third kappa shape index (κ3) is 4.23. The van der Waals surface area contributed by atoms with Gasteiger partial charge in [0.25, 0.3) is 0 Å². The Kier molecular flexibility index (Phi) is 4.97. The molecule has 0 heterocycles. The summed E-state index contributed by atoms with van der Waals surface area (Å²) in [4.78, 5) is 0. The third-order valence-corrected chi connectivity index (χ3v) is 3.33. The van der Waals surface area contributed by atoms with Gasteiger partial charge in [-0.2, -0.15) is 26.3 Å². The number of rotatable bonds is 4. The van der Waals surface area contributed by atoms with Crippen molar-refractivity contribution < 1.29 is 31.1 Å². The minimum Gasteiger partial charge on any atom is -0.456 e. The molecule has 0 atom stereocenters. The van der Waals surface area contributed by atoms with E-state index in [1.54, 1.807) is 0 Å². The molecule has 2 aromatic carbocycles. The van der Waals surface area contributed by atoms with E-state index in [-0.39, 0.29) is 22.6 Å². The van der Waals surface area contributed by atoms with Crippen LogP contribution in [0.1, 0.15) is 22.3 Å². The van der Waals surface area contributed by atoms with Crippen molar-refractivity contribution in [1.29, 1.82) is 0 Å². The van der Waals surface area contributed by atoms with E-state index in [0.29, 0.717) is 0 Å². The molecule has 0 fully saturated rings. The highest BCUT2D eigenvalue weighted by molar-refractivity contribution is 5.62. The summed E-state index contributed by atoms with van der Waals surface area (Å²) in [5.74, 6) is 0.0664. The highest BCUT2D eigenvalue weighted by atomic mass is 19.4. The van der Waals surface area contributed by atoms with Gasteiger partial charge in [-0.15, -0.1) is 0 Å². The van der Waals surface area contributed by atoms with Gasteiger partial charge in [-0.05, 0) is 36.4 Å². The Morgan fingerprint density at radius 1 is 0.680 bits per heavy atom. The third-order valence-electron chi connectivity index (χ3n) is 3.33. The Morgan fingerprint density at radius 3 is 1.32 bits per heavy atom. The predicted octanol–water partition coefficient (Wildman–Crippen LogP) is 6.80. The molecule has 1 nitrogen and oxygen atoms in total. The van der Waals surface area contributed by atoms with Crippen LogP contribution in [0.2, 0.25) is 0 Å². The average molecular weight is 358 g/mol. The van der Waals surface area contributed by atoms with E-state index < -0.39 is 23.5 Å². The fourth-order valence-electron chi connectivity index (χ4n) is 2.07. The van der Waals surface area contributed by atoms with Gasteiger partial charge in [-0.25, -0.2) is 0 Å². The summed E-state index contributed by atoms with van der Waals surface area (Å²) in [6, 6.07) is 5.51. The van der Waals surface area contributed by atoms with E-state index >= 15 is 0 Å². The van der Waals surface area contributed by atoms with Crippen molar-refractivity contribution in [3.05, 3.63) is 71.8 Å². The summed E-state index contributed by atoms with van der Waals surface area (Å²) in [5, 5.41) is 0. The van der Waals surface area contributed by atoms with Crippen molar-refractivity contribution in [2.75, 3.05) is 0 Å². The number of halogens is 6. The van der Waals surface area contributed by atoms with Crippen molar-refractivity contribution in [2.24, 2.45) is 0 Å². The molecule has 0 unspecified atom stereocenters. The quantitative estimate of drug-likeness (QED) is 0.546. The van der Waals surface area contributed by atoms with Crippen molar-refractivity contribution in [1.82, 2.24) is 0 Å². The van der Waals surface area contributed by atoms with Gasteiger partial charge in [0.2, 0.25) is 0 Å². The maximum Gasteiger partial charge on any atom is 0.416 e. The zero-order valence-corrected chi connectivity index (χ0v) is 12.7. The first-order valence-corrected chi connectivity index (χ1v) is 6.91. The molecule has 0 aliphatic rings. The lowest BCUT2D eigenvalue weighted by atomic mass is 10.1. The monoisotopic (exact) mass is 358 g/mol. The molecule has 0 bridgehead atoms. The van der Waals surface area contributed by atoms with Crippen molar-refractivity contribution in [2.45, 2.75) is 12.4 Å². The van der Waals surface area contributed by atoms with Crippen molar-refractivity contribution >= 4 is 12.2 Å². The topological polar surface area (TPSA) is 9.23 Å². The van der Waals surface area contributed by atoms with Crippen LogP contribution in [0.3, 0.4) is 0 Å². The van der Waals surface area contributed by atoms with Crippen LogP contribution in [0.15, 0.2) is 49.6 Å². The average Bonchev–Trinajstić information content (AvgIpc) is 2.53. The fraction of sp³-hybridized carbons (Fsp3) is 0.111. The molecule has 0 spiro atoms. The summed E-state index contributed by atoms with van der Waals surface area (Å²) >= 11 is 0. The molecule has 0 saturated heterocycles. The Hall–Kier alpha value is -2.70. The molecular weight excluding hydrogens is 346 g/mol. The summed E-state index contributed by atoms with van der Waals surface area (Å²) in [6.45, 7) is 6.86. The summed E-state index contributed by atoms with van der Waals surface area (Å²) in [6.07, 6.45) is -6.72. The number of ether oxygens (including phenoxy) is 1. The normalized spacial score (nSPS) is 11.9. The minimum atomic E-state index is -4.53. The van der Waals surface area contributed by atoms with Crippen LogP contribution in [-0.2, 0) is 12.4 Å². The highest BCUT2D eigenvalue weighted by Gasteiger charge is 2.32. The Balaban J connectivity index is 2.43. The second-order valence-corrected chi connectivity index (χ2v) is 5.01. The number of benzene rings is 2. The van der Waals surface area contributed by atoms with Crippen LogP contribution in [0.5, 0.6) is 11.5 Å². The smallest absolute Gasteiger partial charge is 0.416 e. The maximum absolute atomic E-state index is 12.7. The van der Waals surface area contributed by atoms with Crippen LogP contribution in [-0.4, -0.2) is 0 Å². The fourth-order valence-corrected chi connectivity index (χ4v) is 2.07. The lowest BCUT2D eigenvalue weighted by Crippen LogP contribution is -2.06. The molecule has 2 aromatic rings. The van der Waals surface area contributed by atoms with E-state index in [1.807, 2.05) is 0 Å². The van der Waals surface area contributed by atoms with Gasteiger partial charge in [0, 0.05) is 11.1 Å². The molecular formula is C18H12F6O. The lowest BCUT2D eigenvalue weighted by Gasteiger charge is -2.15. The Bertz CT molecular complexity index is 735. The van der Waals surface area contributed by atoms with Gasteiger partial charge >= 0.3 is 12.4 Å². The van der Waals surface area contributed by atoms with Crippen LogP contribution < -0.4 is 4.74 Å². The van der Waals surface area contributed by atoms with Crippen LogP contribution >= 0.6 is 0 Å². The lowest BCUT2D eigenvalue weighted by molar-refractivity contribution is -0.138. The molecule has 2 rings (SSSR count). The number of hydrogen-bond acceptors (Lipinski definition) is 1. The van der Waals surface area contributed by atoms with Crippen LogP contribution in [0, 0.1) is 0 Å². The summed E-state index contributed by atoms with van der Waals surface area (Å²) in [7, 11) is 0. The van der Waals surface area contributed by atoms with Gasteiger partial charge in [-0.3, -0.25) is 0 Å². The van der Waals surface area contributed by atoms with Crippen LogP contribution in [0.4, 0.5) is 26.3 Å². The Morgan fingerprint density at radius 2 is 1.04 bits per heavy atom. The second kappa shape index (κ2) is 6.66. The van der Waals surface area contributed by atoms with Crippen molar-refractivity contribution in [3.63, 3.8) is 0 Å². The zero-order chi connectivity index (χ0) is 18.8. The minimum absolute atomic E-state index is 0.0332. The van der Waals surface area contributed by atoms with Gasteiger partial charge in [-0.1, -0.05) is 25.3 Å². The molecule has 0 radical (unpaired) electrons. The largest absolute Gasteiger partial charge is 0.456 e. The van der Waals surface area contributed by atoms with E-state index in [0.717, 1.165) is 36.4 Å². The van der Waals surface area contributed by atoms with Gasteiger partial charge in [0.15, 0.2) is 0 Å². The number of hydrogen-bond donors (Lipinski definition) is 0. The standard InChI is InChI=1S/C18H12F6O/c1-3-11-9-13(17(19,20)21)5-7-15(11)25-16-8-6-14(18(22,23)24)10-12(16)4-2/h3-10H,1-2H2. The maximum atomic E-state index is 12.7. The van der Waals surface area contributed by atoms with Crippen LogP contribution in [0.25, 0.3) is 12.2 Å². The first kappa shape index (κ1) is 18.6. The molecule has 0 saturated carbocycles. The first-order valence-electron chi connectivity index (χ1n) is 6.91. The van der Waals surface area contributed by atoms with E-state index in [1.165, 1.54) is 12.2 Å². The molecule has 0 aliphatic carbocycles. The van der Waals surface area contributed by atoms with E-state index in [9.17, 15) is 26.3 Å². The molecule has 132 valence electrons. The first-order chi connectivity index (χ1) is 11.6. The SMILES string of the molecule is C=Cc1cc(C(F)(F)F)ccc1Oc1ccc(C(F)(F)F)cc1C=C. The molecule has 25 heavy (non-hydrogen) atoms. The van der Waals surface area contributed by atoms with Crippen molar-refractivity contribution in [3.8, 4) is 11.5 Å². The zero-order valence-electron chi connectivity index (χ0n) is 12.7.